The van der Waals surface area contributed by atoms with Crippen molar-refractivity contribution in [3.63, 3.8) is 0 Å². The van der Waals surface area contributed by atoms with E-state index in [0.717, 1.165) is 11.5 Å². The van der Waals surface area contributed by atoms with Crippen LogP contribution in [0, 0.1) is 0 Å². The summed E-state index contributed by atoms with van der Waals surface area (Å²) in [6, 6.07) is 0. The molecule has 0 aromatic rings. The molecule has 1 N–H and O–H groups in total. The molecule has 0 bridgehead atoms. The first-order chi connectivity index (χ1) is 5.25. The molecule has 2 nitrogen and oxygen atoms in total. The Labute approximate surface area is 67.2 Å². The summed E-state index contributed by atoms with van der Waals surface area (Å²) < 4.78 is 0. The van der Waals surface area contributed by atoms with Crippen LogP contribution in [0.25, 0.3) is 0 Å². The second-order valence-corrected chi connectivity index (χ2v) is 2.27. The van der Waals surface area contributed by atoms with Crippen molar-refractivity contribution in [2.45, 2.75) is 6.92 Å². The highest BCUT2D eigenvalue weighted by atomic mass is 15.2. The standard InChI is InChI=1S/C9H12N2/c1-4-7-11-8(2)5-6-10-9(11)3/h4-7,10H,2-3H2,1H3/b7-4-. The fourth-order valence-electron chi connectivity index (χ4n) is 0.892. The lowest BCUT2D eigenvalue weighted by molar-refractivity contribution is 0.544. The van der Waals surface area contributed by atoms with E-state index in [1.165, 1.54) is 0 Å². The van der Waals surface area contributed by atoms with Crippen LogP contribution in [0.1, 0.15) is 6.92 Å². The normalized spacial score (nSPS) is 17.7. The maximum atomic E-state index is 3.85. The first-order valence-corrected chi connectivity index (χ1v) is 3.48. The second-order valence-electron chi connectivity index (χ2n) is 2.27. The molecular formula is C9H12N2. The molecule has 1 heterocycles. The zero-order valence-electron chi connectivity index (χ0n) is 6.67. The molecule has 0 unspecified atom stereocenters. The third-order valence-corrected chi connectivity index (χ3v) is 1.42. The van der Waals surface area contributed by atoms with Gasteiger partial charge in [0.05, 0.1) is 0 Å². The zero-order chi connectivity index (χ0) is 8.27. The van der Waals surface area contributed by atoms with Gasteiger partial charge in [-0.1, -0.05) is 19.2 Å². The van der Waals surface area contributed by atoms with E-state index < -0.39 is 0 Å². The molecule has 0 saturated carbocycles. The Morgan fingerprint density at radius 2 is 2.27 bits per heavy atom. The van der Waals surface area contributed by atoms with Crippen LogP contribution in [0.2, 0.25) is 0 Å². The minimum atomic E-state index is 0.829. The van der Waals surface area contributed by atoms with Crippen molar-refractivity contribution >= 4 is 0 Å². The molecular weight excluding hydrogens is 136 g/mol. The van der Waals surface area contributed by atoms with Crippen LogP contribution in [0.15, 0.2) is 49.2 Å². The highest BCUT2D eigenvalue weighted by Crippen LogP contribution is 2.13. The summed E-state index contributed by atoms with van der Waals surface area (Å²) in [5.74, 6) is 0.829. The van der Waals surface area contributed by atoms with E-state index in [0.29, 0.717) is 0 Å². The third-order valence-electron chi connectivity index (χ3n) is 1.42. The van der Waals surface area contributed by atoms with Gasteiger partial charge < -0.3 is 10.2 Å². The van der Waals surface area contributed by atoms with Gasteiger partial charge in [0.2, 0.25) is 0 Å². The SMILES string of the molecule is C=C1C=CNC(=C)N1/C=C\C. The van der Waals surface area contributed by atoms with E-state index in [-0.39, 0.29) is 0 Å². The zero-order valence-corrected chi connectivity index (χ0v) is 6.67. The van der Waals surface area contributed by atoms with E-state index in [9.17, 15) is 0 Å². The van der Waals surface area contributed by atoms with Gasteiger partial charge in [-0.25, -0.2) is 0 Å². The van der Waals surface area contributed by atoms with Gasteiger partial charge in [0.1, 0.15) is 5.82 Å². The van der Waals surface area contributed by atoms with Gasteiger partial charge in [0.15, 0.2) is 0 Å². The number of hydrogen-bond donors (Lipinski definition) is 1. The van der Waals surface area contributed by atoms with E-state index in [1.54, 1.807) is 0 Å². The summed E-state index contributed by atoms with van der Waals surface area (Å²) in [4.78, 5) is 1.89. The third kappa shape index (κ3) is 1.52. The Kier molecular flexibility index (Phi) is 2.16. The summed E-state index contributed by atoms with van der Waals surface area (Å²) in [7, 11) is 0. The Balaban J connectivity index is 2.83. The van der Waals surface area contributed by atoms with Crippen LogP contribution >= 0.6 is 0 Å². The molecule has 0 aliphatic carbocycles. The highest BCUT2D eigenvalue weighted by molar-refractivity contribution is 5.26. The molecule has 0 radical (unpaired) electrons. The molecule has 2 heteroatoms. The maximum Gasteiger partial charge on any atom is 0.106 e. The molecule has 0 fully saturated rings. The molecule has 58 valence electrons. The van der Waals surface area contributed by atoms with E-state index >= 15 is 0 Å². The quantitative estimate of drug-likeness (QED) is 0.611. The van der Waals surface area contributed by atoms with Gasteiger partial charge in [-0.15, -0.1) is 0 Å². The topological polar surface area (TPSA) is 15.3 Å². The van der Waals surface area contributed by atoms with E-state index in [4.69, 9.17) is 0 Å². The van der Waals surface area contributed by atoms with Gasteiger partial charge in [-0.3, -0.25) is 0 Å². The average molecular weight is 148 g/mol. The van der Waals surface area contributed by atoms with Crippen LogP contribution < -0.4 is 5.32 Å². The number of nitrogens with zero attached hydrogens (tertiary/aromatic N) is 1. The summed E-state index contributed by atoms with van der Waals surface area (Å²) in [5, 5.41) is 2.99. The van der Waals surface area contributed by atoms with Gasteiger partial charge in [0.25, 0.3) is 0 Å². The number of nitrogens with one attached hydrogen (secondary N) is 1. The minimum Gasteiger partial charge on any atom is -0.348 e. The lowest BCUT2D eigenvalue weighted by Crippen LogP contribution is -2.25. The largest absolute Gasteiger partial charge is 0.348 e. The first-order valence-electron chi connectivity index (χ1n) is 3.48. The predicted octanol–water partition coefficient (Wildman–Crippen LogP) is 1.92. The summed E-state index contributed by atoms with van der Waals surface area (Å²) >= 11 is 0. The smallest absolute Gasteiger partial charge is 0.106 e. The fourth-order valence-corrected chi connectivity index (χ4v) is 0.892. The van der Waals surface area contributed by atoms with Crippen molar-refractivity contribution in [3.05, 3.63) is 49.2 Å². The van der Waals surface area contributed by atoms with Gasteiger partial charge in [0, 0.05) is 18.1 Å². The second kappa shape index (κ2) is 3.10. The molecule has 0 aromatic carbocycles. The van der Waals surface area contributed by atoms with Crippen LogP contribution in [-0.4, -0.2) is 4.90 Å². The number of rotatable bonds is 1. The molecule has 1 aliphatic rings. The van der Waals surface area contributed by atoms with Crippen molar-refractivity contribution in [2.24, 2.45) is 0 Å². The molecule has 11 heavy (non-hydrogen) atoms. The molecule has 0 saturated heterocycles. The summed E-state index contributed by atoms with van der Waals surface area (Å²) in [5.41, 5.74) is 0.923. The highest BCUT2D eigenvalue weighted by Gasteiger charge is 2.07. The number of allylic oxidation sites excluding steroid dienone is 2. The van der Waals surface area contributed by atoms with Crippen molar-refractivity contribution in [1.29, 1.82) is 0 Å². The first kappa shape index (κ1) is 7.66. The van der Waals surface area contributed by atoms with Crippen molar-refractivity contribution in [1.82, 2.24) is 10.2 Å². The predicted molar refractivity (Wildman–Crippen MR) is 47.2 cm³/mol. The molecule has 1 rings (SSSR count). The molecule has 0 atom stereocenters. The fraction of sp³-hybridized carbons (Fsp3) is 0.111. The molecule has 0 amide bonds. The van der Waals surface area contributed by atoms with Crippen molar-refractivity contribution in [3.8, 4) is 0 Å². The van der Waals surface area contributed by atoms with Gasteiger partial charge in [-0.05, 0) is 13.0 Å². The Bertz CT molecular complexity index is 236. The van der Waals surface area contributed by atoms with E-state index in [2.05, 4.69) is 18.5 Å². The van der Waals surface area contributed by atoms with Crippen LogP contribution in [0.5, 0.6) is 0 Å². The Hall–Kier alpha value is -1.44. The van der Waals surface area contributed by atoms with Crippen LogP contribution in [0.4, 0.5) is 0 Å². The lowest BCUT2D eigenvalue weighted by atomic mass is 10.3. The maximum absolute atomic E-state index is 3.85. The molecule has 1 aliphatic heterocycles. The van der Waals surface area contributed by atoms with Crippen molar-refractivity contribution in [2.75, 3.05) is 0 Å². The lowest BCUT2D eigenvalue weighted by Gasteiger charge is -2.26. The summed E-state index contributed by atoms with van der Waals surface area (Å²) in [6.45, 7) is 9.62. The van der Waals surface area contributed by atoms with Gasteiger partial charge in [-0.2, -0.15) is 0 Å². The van der Waals surface area contributed by atoms with Crippen molar-refractivity contribution < 1.29 is 0 Å². The van der Waals surface area contributed by atoms with E-state index in [1.807, 2.05) is 36.4 Å². The van der Waals surface area contributed by atoms with Gasteiger partial charge >= 0.3 is 0 Å². The summed E-state index contributed by atoms with van der Waals surface area (Å²) in [6.07, 6.45) is 7.58. The average Bonchev–Trinajstić information content (AvgIpc) is 1.97. The Morgan fingerprint density at radius 1 is 1.55 bits per heavy atom. The molecule has 0 spiro atoms. The Morgan fingerprint density at radius 3 is 2.82 bits per heavy atom. The van der Waals surface area contributed by atoms with Crippen LogP contribution in [0.3, 0.4) is 0 Å². The monoisotopic (exact) mass is 148 g/mol. The minimum absolute atomic E-state index is 0.829. The molecule has 0 aromatic heterocycles. The number of hydrogen-bond acceptors (Lipinski definition) is 2. The van der Waals surface area contributed by atoms with Crippen LogP contribution in [-0.2, 0) is 0 Å².